The highest BCUT2D eigenvalue weighted by atomic mass is 79.9. The maximum atomic E-state index is 11.6. The molecule has 0 radical (unpaired) electrons. The third-order valence-electron chi connectivity index (χ3n) is 1.98. The molecule has 4 nitrogen and oxygen atoms in total. The summed E-state index contributed by atoms with van der Waals surface area (Å²) in [6, 6.07) is 0. The van der Waals surface area contributed by atoms with Crippen LogP contribution in [0, 0.1) is 5.41 Å². The smallest absolute Gasteiger partial charge is 0.336 e. The lowest BCUT2D eigenvalue weighted by Gasteiger charge is -2.13. The van der Waals surface area contributed by atoms with E-state index >= 15 is 0 Å². The van der Waals surface area contributed by atoms with E-state index in [1.54, 1.807) is 13.1 Å². The molecule has 0 aromatic carbocycles. The molecule has 1 rings (SSSR count). The molecule has 0 bridgehead atoms. The Morgan fingerprint density at radius 2 is 2.12 bits per heavy atom. The van der Waals surface area contributed by atoms with Crippen LogP contribution in [-0.2, 0) is 9.53 Å². The molecule has 94 valence electrons. The van der Waals surface area contributed by atoms with E-state index in [0.29, 0.717) is 18.6 Å². The van der Waals surface area contributed by atoms with Gasteiger partial charge in [-0.3, -0.25) is 0 Å². The Morgan fingerprint density at radius 3 is 2.53 bits per heavy atom. The van der Waals surface area contributed by atoms with Crippen LogP contribution in [-0.4, -0.2) is 19.3 Å². The minimum atomic E-state index is -0.251. The molecule has 5 heteroatoms. The van der Waals surface area contributed by atoms with Crippen LogP contribution in [0.5, 0.6) is 0 Å². The summed E-state index contributed by atoms with van der Waals surface area (Å²) in [6.45, 7) is 6.64. The lowest BCUT2D eigenvalue weighted by atomic mass is 10.1. The number of carbonyl (C=O) groups is 1. The van der Waals surface area contributed by atoms with Crippen molar-refractivity contribution in [2.45, 2.75) is 20.3 Å². The molecule has 0 unspecified atom stereocenters. The lowest BCUT2D eigenvalue weighted by Crippen LogP contribution is -2.16. The SMILES string of the molecule is C=N.CCOC(=O)/C(CC)=C1\C=CC(Br)=CN1. The van der Waals surface area contributed by atoms with Crippen LogP contribution in [0.2, 0.25) is 0 Å². The standard InChI is InChI=1S/C11H14BrNO2.CH3N/c1-3-9(11(14)15-4-2)10-6-5-8(12)7-13-10;1-2/h5-7,13H,3-4H2,1-2H3;2H,1H2/b10-9+;. The average molecular weight is 301 g/mol. The average Bonchev–Trinajstić information content (AvgIpc) is 2.35. The first-order chi connectivity index (χ1) is 8.19. The fourth-order valence-corrected chi connectivity index (χ4v) is 1.50. The molecule has 1 heterocycles. The molecule has 0 saturated carbocycles. The molecule has 0 atom stereocenters. The van der Waals surface area contributed by atoms with E-state index in [2.05, 4.69) is 28.0 Å². The van der Waals surface area contributed by atoms with Gasteiger partial charge in [0, 0.05) is 16.4 Å². The zero-order chi connectivity index (χ0) is 13.3. The summed E-state index contributed by atoms with van der Waals surface area (Å²) in [5.74, 6) is -0.251. The lowest BCUT2D eigenvalue weighted by molar-refractivity contribution is -0.138. The second-order valence-corrected chi connectivity index (χ2v) is 3.89. The molecule has 0 fully saturated rings. The number of dihydropyridines is 1. The normalized spacial score (nSPS) is 16.1. The van der Waals surface area contributed by atoms with Crippen molar-refractivity contribution in [2.24, 2.45) is 0 Å². The number of esters is 1. The van der Waals surface area contributed by atoms with E-state index in [0.717, 1.165) is 10.2 Å². The summed E-state index contributed by atoms with van der Waals surface area (Å²) >= 11 is 3.33. The zero-order valence-corrected chi connectivity index (χ0v) is 11.6. The van der Waals surface area contributed by atoms with E-state index in [9.17, 15) is 4.79 Å². The van der Waals surface area contributed by atoms with Gasteiger partial charge in [0.1, 0.15) is 0 Å². The highest BCUT2D eigenvalue weighted by Gasteiger charge is 2.13. The fourth-order valence-electron chi connectivity index (χ4n) is 1.26. The van der Waals surface area contributed by atoms with Gasteiger partial charge in [-0.05, 0) is 48.1 Å². The molecule has 0 aromatic heterocycles. The Hall–Kier alpha value is -1.36. The van der Waals surface area contributed by atoms with Gasteiger partial charge >= 0.3 is 5.97 Å². The number of hydrogen-bond donors (Lipinski definition) is 2. The van der Waals surface area contributed by atoms with Crippen LogP contribution in [0.4, 0.5) is 0 Å². The topological polar surface area (TPSA) is 62.2 Å². The molecule has 0 aliphatic carbocycles. The first-order valence-electron chi connectivity index (χ1n) is 5.25. The Bertz CT molecular complexity index is 360. The van der Waals surface area contributed by atoms with Crippen LogP contribution < -0.4 is 5.32 Å². The minimum absolute atomic E-state index is 0.251. The Morgan fingerprint density at radius 1 is 1.47 bits per heavy atom. The minimum Gasteiger partial charge on any atom is -0.463 e. The van der Waals surface area contributed by atoms with Crippen LogP contribution in [0.25, 0.3) is 0 Å². The zero-order valence-electron chi connectivity index (χ0n) is 10.0. The van der Waals surface area contributed by atoms with Gasteiger partial charge in [0.25, 0.3) is 0 Å². The summed E-state index contributed by atoms with van der Waals surface area (Å²) in [5.41, 5.74) is 1.48. The maximum Gasteiger partial charge on any atom is 0.336 e. The monoisotopic (exact) mass is 300 g/mol. The van der Waals surface area contributed by atoms with Gasteiger partial charge in [0.15, 0.2) is 0 Å². The van der Waals surface area contributed by atoms with Crippen LogP contribution in [0.1, 0.15) is 20.3 Å². The van der Waals surface area contributed by atoms with Crippen molar-refractivity contribution >= 4 is 28.6 Å². The van der Waals surface area contributed by atoms with Gasteiger partial charge in [-0.1, -0.05) is 6.92 Å². The number of allylic oxidation sites excluding steroid dienone is 3. The molecular formula is C12H17BrN2O2. The molecule has 1 aliphatic heterocycles. The second kappa shape index (κ2) is 8.75. The van der Waals surface area contributed by atoms with E-state index < -0.39 is 0 Å². The molecule has 0 amide bonds. The van der Waals surface area contributed by atoms with Gasteiger partial charge in [-0.15, -0.1) is 0 Å². The Balaban J connectivity index is 0.00000121. The van der Waals surface area contributed by atoms with Crippen molar-refractivity contribution in [3.05, 3.63) is 34.1 Å². The van der Waals surface area contributed by atoms with Crippen molar-refractivity contribution in [1.82, 2.24) is 5.32 Å². The molecule has 0 aromatic rings. The van der Waals surface area contributed by atoms with Crippen LogP contribution in [0.3, 0.4) is 0 Å². The molecule has 2 N–H and O–H groups in total. The molecule has 0 saturated heterocycles. The number of nitrogens with one attached hydrogen (secondary N) is 2. The van der Waals surface area contributed by atoms with Gasteiger partial charge in [0.05, 0.1) is 12.2 Å². The highest BCUT2D eigenvalue weighted by Crippen LogP contribution is 2.17. The third-order valence-corrected chi connectivity index (χ3v) is 2.47. The van der Waals surface area contributed by atoms with E-state index in [-0.39, 0.29) is 5.97 Å². The molecule has 0 spiro atoms. The van der Waals surface area contributed by atoms with Crippen molar-refractivity contribution in [3.63, 3.8) is 0 Å². The van der Waals surface area contributed by atoms with E-state index in [4.69, 9.17) is 10.1 Å². The van der Waals surface area contributed by atoms with Gasteiger partial charge in [-0.2, -0.15) is 0 Å². The van der Waals surface area contributed by atoms with Crippen molar-refractivity contribution in [2.75, 3.05) is 6.61 Å². The van der Waals surface area contributed by atoms with Crippen molar-refractivity contribution in [1.29, 1.82) is 5.41 Å². The maximum absolute atomic E-state index is 11.6. The van der Waals surface area contributed by atoms with Gasteiger partial charge < -0.3 is 15.5 Å². The molecule has 1 aliphatic rings. The van der Waals surface area contributed by atoms with E-state index in [1.807, 2.05) is 19.1 Å². The first-order valence-corrected chi connectivity index (χ1v) is 6.04. The number of ether oxygens (including phenoxy) is 1. The number of rotatable bonds is 3. The fraction of sp³-hybridized carbons (Fsp3) is 0.333. The number of carbonyl (C=O) groups excluding carboxylic acids is 1. The summed E-state index contributed by atoms with van der Waals surface area (Å²) in [6.07, 6.45) is 6.20. The summed E-state index contributed by atoms with van der Waals surface area (Å²) in [4.78, 5) is 11.6. The second-order valence-electron chi connectivity index (χ2n) is 2.97. The van der Waals surface area contributed by atoms with Crippen LogP contribution in [0.15, 0.2) is 34.1 Å². The quantitative estimate of drug-likeness (QED) is 0.478. The largest absolute Gasteiger partial charge is 0.463 e. The highest BCUT2D eigenvalue weighted by molar-refractivity contribution is 9.11. The third kappa shape index (κ3) is 4.99. The summed E-state index contributed by atoms with van der Waals surface area (Å²) in [5, 5.41) is 8.54. The predicted octanol–water partition coefficient (Wildman–Crippen LogP) is 2.88. The van der Waals surface area contributed by atoms with Crippen molar-refractivity contribution < 1.29 is 9.53 Å². The van der Waals surface area contributed by atoms with Gasteiger partial charge in [0.2, 0.25) is 0 Å². The summed E-state index contributed by atoms with van der Waals surface area (Å²) < 4.78 is 5.92. The van der Waals surface area contributed by atoms with Crippen molar-refractivity contribution in [3.8, 4) is 0 Å². The Labute approximate surface area is 110 Å². The van der Waals surface area contributed by atoms with Gasteiger partial charge in [-0.25, -0.2) is 4.79 Å². The molecular weight excluding hydrogens is 284 g/mol. The number of hydrogen-bond acceptors (Lipinski definition) is 4. The van der Waals surface area contributed by atoms with Crippen LogP contribution >= 0.6 is 15.9 Å². The Kier molecular flexibility index (Phi) is 8.05. The predicted molar refractivity (Wildman–Crippen MR) is 73.1 cm³/mol. The van der Waals surface area contributed by atoms with E-state index in [1.165, 1.54) is 0 Å². The number of halogens is 1. The summed E-state index contributed by atoms with van der Waals surface area (Å²) in [7, 11) is 0. The first kappa shape index (κ1) is 15.6. The molecule has 17 heavy (non-hydrogen) atoms.